The van der Waals surface area contributed by atoms with Crippen molar-refractivity contribution in [2.75, 3.05) is 0 Å². The van der Waals surface area contributed by atoms with Crippen molar-refractivity contribution in [1.82, 2.24) is 0 Å². The van der Waals surface area contributed by atoms with Crippen LogP contribution < -0.4 is 0 Å². The molecule has 0 N–H and O–H groups in total. The van der Waals surface area contributed by atoms with Crippen molar-refractivity contribution >= 4 is 27.9 Å². The molecule has 4 heteroatoms. The average Bonchev–Trinajstić information content (AvgIpc) is 1.88. The normalized spacial score (nSPS) is 7.55. The molecule has 0 aliphatic carbocycles. The minimum absolute atomic E-state index is 0.841. The third-order valence-electron chi connectivity index (χ3n) is 0.905. The Labute approximate surface area is 87.1 Å². The van der Waals surface area contributed by atoms with Crippen LogP contribution in [0.5, 0.6) is 0 Å². The van der Waals surface area contributed by atoms with Crippen LogP contribution in [0, 0.1) is 12.3 Å². The van der Waals surface area contributed by atoms with Crippen molar-refractivity contribution in [2.45, 2.75) is 32.6 Å². The molecule has 0 aliphatic rings. The van der Waals surface area contributed by atoms with Crippen molar-refractivity contribution in [3.05, 3.63) is 6.42 Å². The molecule has 0 nitrogen and oxygen atoms in total. The zero-order valence-corrected chi connectivity index (χ0v) is 10.3. The maximum atomic E-state index is 6.53. The summed E-state index contributed by atoms with van der Waals surface area (Å²) in [6.45, 7) is 2.16. The first kappa shape index (κ1) is 14.7. The molecule has 0 aromatic carbocycles. The summed E-state index contributed by atoms with van der Waals surface area (Å²) in [5.41, 5.74) is 0. The van der Waals surface area contributed by atoms with E-state index in [1.165, 1.54) is 12.8 Å². The molecule has 0 rings (SSSR count). The van der Waals surface area contributed by atoms with Gasteiger partial charge in [-0.15, -0.1) is 0 Å². The van der Waals surface area contributed by atoms with Crippen molar-refractivity contribution in [2.24, 2.45) is 0 Å². The first-order chi connectivity index (χ1) is 5.15. The van der Waals surface area contributed by atoms with Gasteiger partial charge in [-0.05, 0) is 12.8 Å². The van der Waals surface area contributed by atoms with Crippen LogP contribution >= 0.6 is 27.9 Å². The van der Waals surface area contributed by atoms with Crippen LogP contribution in [-0.4, -0.2) is 0 Å². The van der Waals surface area contributed by atoms with E-state index in [4.69, 9.17) is 34.3 Å². The van der Waals surface area contributed by atoms with Crippen LogP contribution in [0.2, 0.25) is 0 Å². The Morgan fingerprint density at radius 2 is 1.73 bits per heavy atom. The van der Waals surface area contributed by atoms with Crippen LogP contribution in [0.3, 0.4) is 0 Å². The molecule has 0 aromatic heterocycles. The minimum atomic E-state index is -1.92. The second-order valence-corrected chi connectivity index (χ2v) is 9.59. The van der Waals surface area contributed by atoms with Crippen LogP contribution in [-0.2, 0) is 14.7 Å². The quantitative estimate of drug-likeness (QED) is 0.304. The zero-order valence-electron chi connectivity index (χ0n) is 6.46. The maximum absolute atomic E-state index is 6.53. The number of hydrogen-bond acceptors (Lipinski definition) is 0. The Bertz CT molecular complexity index is 95.6. The van der Waals surface area contributed by atoms with Crippen molar-refractivity contribution in [3.63, 3.8) is 0 Å². The van der Waals surface area contributed by atoms with Gasteiger partial charge in [-0.3, -0.25) is 0 Å². The van der Waals surface area contributed by atoms with Gasteiger partial charge in [-0.1, -0.05) is 19.8 Å². The molecule has 0 saturated heterocycles. The van der Waals surface area contributed by atoms with E-state index in [-0.39, 0.29) is 0 Å². The molecule has 0 unspecified atom stereocenters. The van der Waals surface area contributed by atoms with Gasteiger partial charge in [-0.25, -0.2) is 0 Å². The monoisotopic (exact) mass is 248 g/mol. The first-order valence-electron chi connectivity index (χ1n) is 3.38. The van der Waals surface area contributed by atoms with E-state index in [1.54, 1.807) is 0 Å². The third kappa shape index (κ3) is 35.2. The zero-order chi connectivity index (χ0) is 9.11. The molecule has 0 saturated carbocycles. The van der Waals surface area contributed by atoms with Crippen molar-refractivity contribution in [1.29, 1.82) is 0 Å². The average molecular weight is 249 g/mol. The Morgan fingerprint density at radius 3 is 2.00 bits per heavy atom. The summed E-state index contributed by atoms with van der Waals surface area (Å²) in [4.78, 5) is 0. The summed E-state index contributed by atoms with van der Waals surface area (Å²) in [6, 6.07) is 0. The molecular weight excluding hydrogens is 238 g/mol. The van der Waals surface area contributed by atoms with E-state index in [0.717, 1.165) is 12.8 Å². The van der Waals surface area contributed by atoms with Gasteiger partial charge in [0.2, 0.25) is 0 Å². The van der Waals surface area contributed by atoms with Gasteiger partial charge in [-0.2, -0.15) is 0 Å². The summed E-state index contributed by atoms with van der Waals surface area (Å²) in [7, 11) is 14.9. The fraction of sp³-hybridized carbons (Fsp3) is 0.714. The third-order valence-corrected chi connectivity index (χ3v) is 0.905. The molecule has 0 aromatic rings. The number of halogens is 3. The number of rotatable bonds is 3. The molecule has 0 amide bonds. The first-order valence-corrected chi connectivity index (χ1v) is 9.82. The van der Waals surface area contributed by atoms with Crippen LogP contribution in [0.4, 0.5) is 0 Å². The fourth-order valence-corrected chi connectivity index (χ4v) is 0.463. The topological polar surface area (TPSA) is 0 Å². The second-order valence-electron chi connectivity index (χ2n) is 1.85. The Balaban J connectivity index is 0. The van der Waals surface area contributed by atoms with E-state index < -0.39 is 14.7 Å². The fourth-order valence-electron chi connectivity index (χ4n) is 0.463. The predicted octanol–water partition coefficient (Wildman–Crippen LogP) is 4.22. The van der Waals surface area contributed by atoms with E-state index in [1.807, 2.05) is 0 Å². The predicted molar refractivity (Wildman–Crippen MR) is 48.8 cm³/mol. The number of unbranched alkanes of at least 4 members (excludes halogenated alkanes) is 3. The van der Waals surface area contributed by atoms with Crippen LogP contribution in [0.15, 0.2) is 0 Å². The summed E-state index contributed by atoms with van der Waals surface area (Å²) in [6.07, 6.45) is 11.0. The number of hydrogen-bond donors (Lipinski definition) is 0. The van der Waals surface area contributed by atoms with Crippen molar-refractivity contribution in [3.8, 4) is 5.92 Å². The van der Waals surface area contributed by atoms with Crippen molar-refractivity contribution < 1.29 is 14.7 Å². The van der Waals surface area contributed by atoms with E-state index in [2.05, 4.69) is 12.8 Å². The Hall–Kier alpha value is 1.14. The van der Waals surface area contributed by atoms with E-state index in [0.29, 0.717) is 0 Å². The molecule has 0 spiro atoms. The molecule has 0 atom stereocenters. The summed E-state index contributed by atoms with van der Waals surface area (Å²) in [5.74, 6) is 2.35. The summed E-state index contributed by atoms with van der Waals surface area (Å²) < 4.78 is 0. The van der Waals surface area contributed by atoms with Crippen LogP contribution in [0.25, 0.3) is 0 Å². The molecular formula is C7H11Cl3Ti. The summed E-state index contributed by atoms with van der Waals surface area (Å²) >= 11 is -1.92. The van der Waals surface area contributed by atoms with Gasteiger partial charge in [0.1, 0.15) is 0 Å². The molecule has 0 fully saturated rings. The van der Waals surface area contributed by atoms with Gasteiger partial charge in [0, 0.05) is 0 Å². The summed E-state index contributed by atoms with van der Waals surface area (Å²) in [5, 5.41) is 0. The standard InChI is InChI=1S/C7H11.3ClH.Ti/c1-3-5-7-6-4-2;;;;/h3,5-7H2,1H3;3*1H;/q-1;;;;+4/p-3. The molecule has 0 aliphatic heterocycles. The van der Waals surface area contributed by atoms with Gasteiger partial charge >= 0.3 is 42.6 Å². The van der Waals surface area contributed by atoms with Gasteiger partial charge in [0.05, 0.1) is 0 Å². The molecule has 11 heavy (non-hydrogen) atoms. The molecule has 0 heterocycles. The Kier molecular flexibility index (Phi) is 18.3. The van der Waals surface area contributed by atoms with Gasteiger partial charge < -0.3 is 12.3 Å². The van der Waals surface area contributed by atoms with Crippen LogP contribution in [0.1, 0.15) is 32.6 Å². The molecule has 64 valence electrons. The molecule has 0 radical (unpaired) electrons. The van der Waals surface area contributed by atoms with Gasteiger partial charge in [0.25, 0.3) is 0 Å². The SMILES string of the molecule is [C-]#CCCCCC.[Cl][Ti+]([Cl])[Cl]. The van der Waals surface area contributed by atoms with E-state index >= 15 is 0 Å². The van der Waals surface area contributed by atoms with E-state index in [9.17, 15) is 0 Å². The second kappa shape index (κ2) is 13.7. The Morgan fingerprint density at radius 1 is 1.27 bits per heavy atom. The van der Waals surface area contributed by atoms with Gasteiger partial charge in [0.15, 0.2) is 0 Å². The molecule has 0 bridgehead atoms.